The first-order chi connectivity index (χ1) is 18.3. The van der Waals surface area contributed by atoms with Gasteiger partial charge in [0.25, 0.3) is 0 Å². The normalized spacial score (nSPS) is 25.5. The summed E-state index contributed by atoms with van der Waals surface area (Å²) in [6.45, 7) is 4.24. The van der Waals surface area contributed by atoms with Crippen LogP contribution in [0.2, 0.25) is 5.15 Å². The maximum absolute atomic E-state index is 14.0. The minimum absolute atomic E-state index is 0.160. The monoisotopic (exact) mass is 554 g/mol. The number of rotatable bonds is 5. The van der Waals surface area contributed by atoms with Crippen LogP contribution in [0.15, 0.2) is 23.2 Å². The molecule has 0 unspecified atom stereocenters. The topological polar surface area (TPSA) is 114 Å². The van der Waals surface area contributed by atoms with Gasteiger partial charge in [0.15, 0.2) is 17.3 Å². The van der Waals surface area contributed by atoms with E-state index in [-0.39, 0.29) is 17.1 Å². The molecule has 1 aliphatic heterocycles. The Kier molecular flexibility index (Phi) is 6.41. The van der Waals surface area contributed by atoms with Crippen LogP contribution in [-0.2, 0) is 18.3 Å². The van der Waals surface area contributed by atoms with Crippen LogP contribution >= 0.6 is 22.9 Å². The number of hydrogen-bond donors (Lipinski definition) is 1. The van der Waals surface area contributed by atoms with Crippen LogP contribution in [0.5, 0.6) is 5.88 Å². The van der Waals surface area contributed by atoms with Gasteiger partial charge in [0.2, 0.25) is 5.88 Å². The fraction of sp³-hybridized carbons (Fsp3) is 0.481. The van der Waals surface area contributed by atoms with Gasteiger partial charge >= 0.3 is 0 Å². The highest BCUT2D eigenvalue weighted by Crippen LogP contribution is 2.55. The number of fused-ring (bicyclic) bond motifs is 4. The number of nitrogens with zero attached hydrogens (tertiary/aromatic N) is 5. The van der Waals surface area contributed by atoms with E-state index in [1.165, 1.54) is 17.4 Å². The van der Waals surface area contributed by atoms with E-state index >= 15 is 0 Å². The van der Waals surface area contributed by atoms with Gasteiger partial charge in [-0.15, -0.1) is 11.3 Å². The molecular formula is C27H28ClFN6O2S. The zero-order chi connectivity index (χ0) is 26.6. The first-order valence-electron chi connectivity index (χ1n) is 12.8. The Morgan fingerprint density at radius 1 is 1.39 bits per heavy atom. The predicted molar refractivity (Wildman–Crippen MR) is 143 cm³/mol. The lowest BCUT2D eigenvalue weighted by molar-refractivity contribution is 0.138. The average molecular weight is 555 g/mol. The number of halogens is 2. The van der Waals surface area contributed by atoms with Crippen molar-refractivity contribution in [3.63, 3.8) is 0 Å². The molecule has 8 nitrogen and oxygen atoms in total. The number of aryl methyl sites for hydroxylation is 1. The zero-order valence-corrected chi connectivity index (χ0v) is 22.6. The number of nitriles is 1. The van der Waals surface area contributed by atoms with E-state index in [1.807, 2.05) is 11.9 Å². The van der Waals surface area contributed by atoms with E-state index < -0.39 is 17.7 Å². The molecule has 3 aromatic rings. The van der Waals surface area contributed by atoms with Gasteiger partial charge in [0.05, 0.1) is 17.0 Å². The molecule has 3 aromatic heterocycles. The molecule has 0 radical (unpaired) electrons. The molecule has 2 aliphatic carbocycles. The predicted octanol–water partition coefficient (Wildman–Crippen LogP) is 5.23. The maximum atomic E-state index is 14.0. The van der Waals surface area contributed by atoms with Crippen LogP contribution in [0, 0.1) is 11.3 Å². The Morgan fingerprint density at radius 2 is 2.18 bits per heavy atom. The van der Waals surface area contributed by atoms with E-state index in [4.69, 9.17) is 26.6 Å². The van der Waals surface area contributed by atoms with Gasteiger partial charge in [-0.05, 0) is 63.6 Å². The lowest BCUT2D eigenvalue weighted by Gasteiger charge is -2.39. The zero-order valence-electron chi connectivity index (χ0n) is 21.0. The third-order valence-electron chi connectivity index (χ3n) is 8.16. The summed E-state index contributed by atoms with van der Waals surface area (Å²) in [7, 11) is 1.87. The van der Waals surface area contributed by atoms with Crippen molar-refractivity contribution < 1.29 is 13.7 Å². The molecular weight excluding hydrogens is 527 g/mol. The first-order valence-corrected chi connectivity index (χ1v) is 14.0. The van der Waals surface area contributed by atoms with Crippen molar-refractivity contribution >= 4 is 27.9 Å². The van der Waals surface area contributed by atoms with Crippen LogP contribution < -0.4 is 10.5 Å². The van der Waals surface area contributed by atoms with Gasteiger partial charge in [0, 0.05) is 23.1 Å². The van der Waals surface area contributed by atoms with Crippen LogP contribution in [0.4, 0.5) is 9.39 Å². The molecule has 0 bridgehead atoms. The molecule has 0 amide bonds. The van der Waals surface area contributed by atoms with Crippen LogP contribution in [0.3, 0.4) is 0 Å². The quantitative estimate of drug-likeness (QED) is 0.336. The molecule has 4 heterocycles. The molecule has 38 heavy (non-hydrogen) atoms. The highest BCUT2D eigenvalue weighted by atomic mass is 35.5. The number of nitrogens with two attached hydrogens (primary N) is 1. The summed E-state index contributed by atoms with van der Waals surface area (Å²) in [4.78, 5) is 12.2. The molecule has 11 heteroatoms. The minimum atomic E-state index is -0.907. The van der Waals surface area contributed by atoms with Crippen LogP contribution in [0.1, 0.15) is 59.4 Å². The number of aromatic nitrogens is 3. The fourth-order valence-corrected chi connectivity index (χ4v) is 7.89. The Balaban J connectivity index is 1.38. The standard InChI is InChI=1S/C27H28ClFN6O2S/c1-3-18(17-10-14(29)13-35(17)2)36-21-11-20(28)32-26(33-21)23-15-6-4-8-27(24(15)37-34-23)9-5-7-19-22(27)16(12-30)25(31)38-19/h3,11,14,17-18H,1,4-10,13,31H2,2H3/t14-,17+,18+,27+/m1/s1. The van der Waals surface area contributed by atoms with Gasteiger partial charge in [-0.3, -0.25) is 4.90 Å². The number of thiophene rings is 1. The number of nitrogen functional groups attached to an aromatic ring is 1. The lowest BCUT2D eigenvalue weighted by atomic mass is 9.63. The van der Waals surface area contributed by atoms with E-state index in [0.29, 0.717) is 35.0 Å². The molecule has 3 aliphatic rings. The van der Waals surface area contributed by atoms with Gasteiger partial charge in [-0.2, -0.15) is 10.2 Å². The highest BCUT2D eigenvalue weighted by Gasteiger charge is 2.48. The second kappa shape index (κ2) is 9.63. The smallest absolute Gasteiger partial charge is 0.219 e. The second-order valence-electron chi connectivity index (χ2n) is 10.4. The molecule has 1 saturated heterocycles. The van der Waals surface area contributed by atoms with Crippen molar-refractivity contribution in [2.75, 3.05) is 19.3 Å². The van der Waals surface area contributed by atoms with Crippen molar-refractivity contribution in [1.82, 2.24) is 20.0 Å². The van der Waals surface area contributed by atoms with E-state index in [9.17, 15) is 9.65 Å². The summed E-state index contributed by atoms with van der Waals surface area (Å²) in [5.74, 6) is 1.34. The molecule has 0 saturated carbocycles. The number of hydrogen-bond acceptors (Lipinski definition) is 9. The molecule has 198 valence electrons. The summed E-state index contributed by atoms with van der Waals surface area (Å²) in [6.07, 6.45) is 5.92. The number of anilines is 1. The number of likely N-dealkylation sites (tertiary alicyclic amines) is 1. The van der Waals surface area contributed by atoms with Crippen molar-refractivity contribution in [3.8, 4) is 23.5 Å². The number of alkyl halides is 1. The Hall–Kier alpha value is -3.00. The highest BCUT2D eigenvalue weighted by molar-refractivity contribution is 7.16. The van der Waals surface area contributed by atoms with E-state index in [0.717, 1.165) is 60.3 Å². The van der Waals surface area contributed by atoms with Gasteiger partial charge < -0.3 is 15.0 Å². The second-order valence-corrected chi connectivity index (χ2v) is 11.9. The van der Waals surface area contributed by atoms with Crippen molar-refractivity contribution in [1.29, 1.82) is 5.26 Å². The summed E-state index contributed by atoms with van der Waals surface area (Å²) in [5.41, 5.74) is 8.85. The molecule has 1 spiro atoms. The first kappa shape index (κ1) is 25.3. The van der Waals surface area contributed by atoms with E-state index in [2.05, 4.69) is 27.8 Å². The van der Waals surface area contributed by atoms with Crippen molar-refractivity contribution in [2.24, 2.45) is 0 Å². The molecule has 6 rings (SSSR count). The van der Waals surface area contributed by atoms with Crippen molar-refractivity contribution in [2.45, 2.75) is 68.7 Å². The Bertz CT molecular complexity index is 1450. The average Bonchev–Trinajstić information content (AvgIpc) is 3.57. The Morgan fingerprint density at radius 3 is 2.89 bits per heavy atom. The van der Waals surface area contributed by atoms with Gasteiger partial charge in [-0.1, -0.05) is 23.3 Å². The largest absolute Gasteiger partial charge is 0.468 e. The SMILES string of the molecule is C=C[C@H](Oc1cc(Cl)nc(-c2noc3c2CCC[C@@]32CCCc3sc(N)c(C#N)c32)n1)[C@@H]1C[C@@H](F)CN1C. The number of ether oxygens (including phenoxy) is 1. The molecule has 0 aromatic carbocycles. The van der Waals surface area contributed by atoms with Crippen molar-refractivity contribution in [3.05, 3.63) is 51.2 Å². The summed E-state index contributed by atoms with van der Waals surface area (Å²) < 4.78 is 26.2. The molecule has 2 N–H and O–H groups in total. The van der Waals surface area contributed by atoms with Crippen LogP contribution in [0.25, 0.3) is 11.5 Å². The van der Waals surface area contributed by atoms with Gasteiger partial charge in [-0.25, -0.2) is 9.37 Å². The minimum Gasteiger partial charge on any atom is -0.468 e. The summed E-state index contributed by atoms with van der Waals surface area (Å²) in [5, 5.41) is 15.1. The third kappa shape index (κ3) is 3.99. The lowest BCUT2D eigenvalue weighted by Crippen LogP contribution is -2.38. The summed E-state index contributed by atoms with van der Waals surface area (Å²) in [6, 6.07) is 3.72. The third-order valence-corrected chi connectivity index (χ3v) is 9.43. The maximum Gasteiger partial charge on any atom is 0.219 e. The van der Waals surface area contributed by atoms with E-state index in [1.54, 1.807) is 6.08 Å². The van der Waals surface area contributed by atoms with Gasteiger partial charge in [0.1, 0.15) is 28.5 Å². The molecule has 4 atom stereocenters. The number of likely N-dealkylation sites (N-methyl/N-ethyl adjacent to an activating group) is 1. The molecule has 1 fully saturated rings. The fourth-order valence-electron chi connectivity index (χ4n) is 6.55. The van der Waals surface area contributed by atoms with Crippen LogP contribution in [-0.4, -0.2) is 51.9 Å². The Labute approximate surface area is 229 Å². The summed E-state index contributed by atoms with van der Waals surface area (Å²) >= 11 is 7.91.